The summed E-state index contributed by atoms with van der Waals surface area (Å²) < 4.78 is 29.9. The predicted molar refractivity (Wildman–Crippen MR) is 64.3 cm³/mol. The van der Waals surface area contributed by atoms with Crippen molar-refractivity contribution in [2.24, 2.45) is 0 Å². The average Bonchev–Trinajstić information content (AvgIpc) is 2.27. The van der Waals surface area contributed by atoms with Crippen molar-refractivity contribution in [3.63, 3.8) is 0 Å². The first-order chi connectivity index (χ1) is 8.36. The van der Waals surface area contributed by atoms with Crippen LogP contribution in [0.4, 0.5) is 14.5 Å². The van der Waals surface area contributed by atoms with Crippen LogP contribution in [0.3, 0.4) is 0 Å². The van der Waals surface area contributed by atoms with Crippen LogP contribution in [-0.2, 0) is 16.0 Å². The molecule has 0 fully saturated rings. The highest BCUT2D eigenvalue weighted by molar-refractivity contribution is 14.1. The van der Waals surface area contributed by atoms with Gasteiger partial charge in [0.05, 0.1) is 18.5 Å². The highest BCUT2D eigenvalue weighted by Crippen LogP contribution is 2.31. The first kappa shape index (κ1) is 14.7. The zero-order valence-electron chi connectivity index (χ0n) is 9.02. The maximum absolute atomic E-state index is 12.7. The van der Waals surface area contributed by atoms with Crippen molar-refractivity contribution in [2.75, 3.05) is 7.11 Å². The normalized spacial score (nSPS) is 10.5. The molecule has 1 heterocycles. The number of rotatable bonds is 4. The van der Waals surface area contributed by atoms with Crippen molar-refractivity contribution >= 4 is 34.2 Å². The monoisotopic (exact) mass is 372 g/mol. The quantitative estimate of drug-likeness (QED) is 0.266. The standard InChI is InChI=1S/C9H7F2IN2O4/c1-18-6(15)3-4-2-5(12)13-7(9(10)11)8(4)14(16)17/h2,9H,3H2,1H3. The van der Waals surface area contributed by atoms with Gasteiger partial charge in [-0.05, 0) is 28.7 Å². The van der Waals surface area contributed by atoms with Gasteiger partial charge in [0, 0.05) is 5.56 Å². The van der Waals surface area contributed by atoms with Crippen molar-refractivity contribution in [2.45, 2.75) is 12.8 Å². The Hall–Kier alpha value is -1.39. The zero-order valence-corrected chi connectivity index (χ0v) is 11.2. The van der Waals surface area contributed by atoms with Gasteiger partial charge in [0.1, 0.15) is 3.70 Å². The zero-order chi connectivity index (χ0) is 13.9. The molecule has 0 bridgehead atoms. The summed E-state index contributed by atoms with van der Waals surface area (Å²) in [5.41, 5.74) is -1.91. The number of pyridine rings is 1. The number of esters is 1. The first-order valence-corrected chi connectivity index (χ1v) is 5.63. The minimum Gasteiger partial charge on any atom is -0.469 e. The molecule has 1 aromatic heterocycles. The Morgan fingerprint density at radius 3 is 2.72 bits per heavy atom. The molecule has 0 amide bonds. The van der Waals surface area contributed by atoms with Gasteiger partial charge < -0.3 is 4.74 Å². The number of ether oxygens (including phenoxy) is 1. The highest BCUT2D eigenvalue weighted by atomic mass is 127. The summed E-state index contributed by atoms with van der Waals surface area (Å²) in [5.74, 6) is -0.750. The lowest BCUT2D eigenvalue weighted by atomic mass is 10.1. The lowest BCUT2D eigenvalue weighted by Crippen LogP contribution is -2.10. The fourth-order valence-electron chi connectivity index (χ4n) is 1.30. The van der Waals surface area contributed by atoms with E-state index in [4.69, 9.17) is 0 Å². The summed E-state index contributed by atoms with van der Waals surface area (Å²) in [5, 5.41) is 10.8. The van der Waals surface area contributed by atoms with Crippen LogP contribution in [0.2, 0.25) is 0 Å². The largest absolute Gasteiger partial charge is 0.469 e. The van der Waals surface area contributed by atoms with E-state index in [9.17, 15) is 23.7 Å². The van der Waals surface area contributed by atoms with Gasteiger partial charge in [-0.3, -0.25) is 14.9 Å². The van der Waals surface area contributed by atoms with Gasteiger partial charge in [0.25, 0.3) is 12.1 Å². The summed E-state index contributed by atoms with van der Waals surface area (Å²) in [6.45, 7) is 0. The van der Waals surface area contributed by atoms with Gasteiger partial charge in [-0.1, -0.05) is 0 Å². The highest BCUT2D eigenvalue weighted by Gasteiger charge is 2.29. The van der Waals surface area contributed by atoms with E-state index >= 15 is 0 Å². The number of carbonyl (C=O) groups is 1. The molecule has 0 unspecified atom stereocenters. The molecule has 0 N–H and O–H groups in total. The minimum absolute atomic E-state index is 0.137. The van der Waals surface area contributed by atoms with Crippen molar-refractivity contribution in [1.29, 1.82) is 0 Å². The molecule has 0 aromatic carbocycles. The number of methoxy groups -OCH3 is 1. The van der Waals surface area contributed by atoms with Crippen LogP contribution in [0.1, 0.15) is 17.7 Å². The second kappa shape index (κ2) is 5.98. The van der Waals surface area contributed by atoms with E-state index in [1.54, 1.807) is 22.6 Å². The van der Waals surface area contributed by atoms with E-state index in [1.165, 1.54) is 6.07 Å². The van der Waals surface area contributed by atoms with Gasteiger partial charge in [-0.25, -0.2) is 13.8 Å². The number of aromatic nitrogens is 1. The average molecular weight is 372 g/mol. The Morgan fingerprint density at radius 1 is 1.67 bits per heavy atom. The van der Waals surface area contributed by atoms with E-state index < -0.39 is 35.1 Å². The molecule has 18 heavy (non-hydrogen) atoms. The molecule has 0 radical (unpaired) electrons. The fraction of sp³-hybridized carbons (Fsp3) is 0.333. The van der Waals surface area contributed by atoms with Crippen LogP contribution in [0.25, 0.3) is 0 Å². The molecule has 0 saturated carbocycles. The van der Waals surface area contributed by atoms with Crippen LogP contribution >= 0.6 is 22.6 Å². The number of carbonyl (C=O) groups excluding carboxylic acids is 1. The first-order valence-electron chi connectivity index (χ1n) is 4.55. The summed E-state index contributed by atoms with van der Waals surface area (Å²) in [6, 6.07) is 1.21. The fourth-order valence-corrected chi connectivity index (χ4v) is 1.94. The molecule has 98 valence electrons. The predicted octanol–water partition coefficient (Wildman–Crippen LogP) is 2.25. The van der Waals surface area contributed by atoms with Crippen molar-refractivity contribution in [3.8, 4) is 0 Å². The van der Waals surface area contributed by atoms with Crippen LogP contribution in [0.5, 0.6) is 0 Å². The smallest absolute Gasteiger partial charge is 0.310 e. The van der Waals surface area contributed by atoms with Gasteiger partial charge in [-0.2, -0.15) is 0 Å². The van der Waals surface area contributed by atoms with Gasteiger partial charge in [-0.15, -0.1) is 0 Å². The van der Waals surface area contributed by atoms with E-state index in [1.807, 2.05) is 0 Å². The Labute approximate surface area is 114 Å². The Kier molecular flexibility index (Phi) is 4.87. The third-order valence-electron chi connectivity index (χ3n) is 2.02. The molecular weight excluding hydrogens is 365 g/mol. The van der Waals surface area contributed by atoms with Crippen LogP contribution in [0, 0.1) is 13.8 Å². The number of halogens is 3. The molecule has 0 aliphatic rings. The van der Waals surface area contributed by atoms with Crippen LogP contribution in [0.15, 0.2) is 6.07 Å². The summed E-state index contributed by atoms with van der Waals surface area (Å²) in [7, 11) is 1.11. The SMILES string of the molecule is COC(=O)Cc1cc(I)nc(C(F)F)c1[N+](=O)[O-]. The molecule has 0 atom stereocenters. The molecule has 0 aliphatic heterocycles. The number of nitrogens with zero attached hydrogens (tertiary/aromatic N) is 2. The van der Waals surface area contributed by atoms with Crippen molar-refractivity contribution in [3.05, 3.63) is 31.1 Å². The van der Waals surface area contributed by atoms with Gasteiger partial charge in [0.2, 0.25) is 0 Å². The summed E-state index contributed by atoms with van der Waals surface area (Å²) in [6.07, 6.45) is -3.54. The van der Waals surface area contributed by atoms with E-state index in [0.717, 1.165) is 7.11 Å². The topological polar surface area (TPSA) is 82.3 Å². The number of hydrogen-bond donors (Lipinski definition) is 0. The second-order valence-electron chi connectivity index (χ2n) is 3.15. The van der Waals surface area contributed by atoms with Gasteiger partial charge >= 0.3 is 5.97 Å². The number of hydrogen-bond acceptors (Lipinski definition) is 5. The molecule has 9 heteroatoms. The third kappa shape index (κ3) is 3.31. The lowest BCUT2D eigenvalue weighted by molar-refractivity contribution is -0.387. The lowest BCUT2D eigenvalue weighted by Gasteiger charge is -2.07. The summed E-state index contributed by atoms with van der Waals surface area (Å²) >= 11 is 1.64. The Bertz CT molecular complexity index is 496. The molecule has 0 aliphatic carbocycles. The summed E-state index contributed by atoms with van der Waals surface area (Å²) in [4.78, 5) is 24.4. The molecular formula is C9H7F2IN2O4. The Balaban J connectivity index is 3.38. The molecule has 0 saturated heterocycles. The number of alkyl halides is 2. The van der Waals surface area contributed by atoms with Crippen LogP contribution < -0.4 is 0 Å². The second-order valence-corrected chi connectivity index (χ2v) is 4.25. The minimum atomic E-state index is -3.09. The van der Waals surface area contributed by atoms with E-state index in [-0.39, 0.29) is 9.26 Å². The van der Waals surface area contributed by atoms with E-state index in [2.05, 4.69) is 9.72 Å². The third-order valence-corrected chi connectivity index (χ3v) is 2.57. The molecule has 1 aromatic rings. The molecule has 1 rings (SSSR count). The maximum atomic E-state index is 12.7. The van der Waals surface area contributed by atoms with Crippen molar-refractivity contribution < 1.29 is 23.2 Å². The maximum Gasteiger partial charge on any atom is 0.310 e. The van der Waals surface area contributed by atoms with E-state index in [0.29, 0.717) is 0 Å². The molecule has 6 nitrogen and oxygen atoms in total. The Morgan fingerprint density at radius 2 is 2.28 bits per heavy atom. The molecule has 0 spiro atoms. The number of nitro groups is 1. The van der Waals surface area contributed by atoms with Gasteiger partial charge in [0.15, 0.2) is 5.69 Å². The van der Waals surface area contributed by atoms with Crippen molar-refractivity contribution in [1.82, 2.24) is 4.98 Å². The van der Waals surface area contributed by atoms with Crippen LogP contribution in [-0.4, -0.2) is 23.0 Å².